The van der Waals surface area contributed by atoms with Crippen molar-refractivity contribution >= 4 is 5.91 Å². The van der Waals surface area contributed by atoms with E-state index in [4.69, 9.17) is 4.74 Å². The van der Waals surface area contributed by atoms with Gasteiger partial charge in [0.2, 0.25) is 5.91 Å². The van der Waals surface area contributed by atoms with E-state index in [0.29, 0.717) is 0 Å². The molecule has 2 rings (SSSR count). The Hall–Kier alpha value is -1.62. The predicted molar refractivity (Wildman–Crippen MR) is 68.3 cm³/mol. The van der Waals surface area contributed by atoms with Gasteiger partial charge in [0.25, 0.3) is 0 Å². The van der Waals surface area contributed by atoms with E-state index in [9.17, 15) is 14.3 Å². The summed E-state index contributed by atoms with van der Waals surface area (Å²) in [7, 11) is 0. The van der Waals surface area contributed by atoms with Crippen LogP contribution >= 0.6 is 0 Å². The summed E-state index contributed by atoms with van der Waals surface area (Å²) in [6, 6.07) is 6.09. The van der Waals surface area contributed by atoms with Crippen LogP contribution in [0.15, 0.2) is 24.3 Å². The Kier molecular flexibility index (Phi) is 4.37. The molecule has 5 heteroatoms. The summed E-state index contributed by atoms with van der Waals surface area (Å²) in [5.74, 6) is -0.463. The average molecular weight is 267 g/mol. The van der Waals surface area contributed by atoms with Gasteiger partial charge >= 0.3 is 0 Å². The van der Waals surface area contributed by atoms with E-state index in [2.05, 4.69) is 5.32 Å². The van der Waals surface area contributed by atoms with E-state index in [-0.39, 0.29) is 31.3 Å². The Balaban J connectivity index is 1.74. The van der Waals surface area contributed by atoms with Crippen LogP contribution in [0.25, 0.3) is 0 Å². The third kappa shape index (κ3) is 3.44. The highest BCUT2D eigenvalue weighted by molar-refractivity contribution is 5.77. The Morgan fingerprint density at radius 1 is 1.42 bits per heavy atom. The maximum absolute atomic E-state index is 13.2. The lowest BCUT2D eigenvalue weighted by Gasteiger charge is -2.40. The van der Waals surface area contributed by atoms with Gasteiger partial charge in [0.05, 0.1) is 25.2 Å². The van der Waals surface area contributed by atoms with Gasteiger partial charge in [-0.05, 0) is 31.4 Å². The Morgan fingerprint density at radius 3 is 2.74 bits per heavy atom. The number of nitrogens with one attached hydrogen (secondary N) is 1. The molecule has 1 aliphatic rings. The molecule has 0 atom stereocenters. The number of halogens is 1. The van der Waals surface area contributed by atoms with E-state index in [0.717, 1.165) is 19.3 Å². The monoisotopic (exact) mass is 267 g/mol. The fraction of sp³-hybridized carbons (Fsp3) is 0.500. The van der Waals surface area contributed by atoms with Crippen molar-refractivity contribution in [2.75, 3.05) is 13.2 Å². The molecular weight excluding hydrogens is 249 g/mol. The number of amides is 1. The van der Waals surface area contributed by atoms with Crippen molar-refractivity contribution in [3.05, 3.63) is 30.1 Å². The number of rotatable bonds is 6. The number of carbonyl (C=O) groups is 1. The SMILES string of the molecule is O=C(CCOc1ccccc1F)NC1(CO)CCC1. The van der Waals surface area contributed by atoms with Crippen molar-refractivity contribution in [1.29, 1.82) is 0 Å². The van der Waals surface area contributed by atoms with Crippen molar-refractivity contribution < 1.29 is 19.0 Å². The molecule has 2 N–H and O–H groups in total. The standard InChI is InChI=1S/C14H18FNO3/c15-11-4-1-2-5-12(11)19-9-6-13(18)16-14(10-17)7-3-8-14/h1-2,4-5,17H,3,6-10H2,(H,16,18). The van der Waals surface area contributed by atoms with Crippen LogP contribution in [0.5, 0.6) is 5.75 Å². The topological polar surface area (TPSA) is 58.6 Å². The van der Waals surface area contributed by atoms with Crippen LogP contribution in [0.4, 0.5) is 4.39 Å². The van der Waals surface area contributed by atoms with Crippen molar-refractivity contribution in [3.8, 4) is 5.75 Å². The Bertz CT molecular complexity index is 441. The maximum Gasteiger partial charge on any atom is 0.223 e. The first-order chi connectivity index (χ1) is 9.15. The average Bonchev–Trinajstić information content (AvgIpc) is 2.36. The second kappa shape index (κ2) is 6.02. The smallest absolute Gasteiger partial charge is 0.223 e. The highest BCUT2D eigenvalue weighted by Gasteiger charge is 2.37. The zero-order chi connectivity index (χ0) is 13.7. The molecule has 0 aromatic heterocycles. The minimum Gasteiger partial charge on any atom is -0.490 e. The van der Waals surface area contributed by atoms with Gasteiger partial charge in [0.1, 0.15) is 0 Å². The van der Waals surface area contributed by atoms with Crippen LogP contribution in [0, 0.1) is 5.82 Å². The number of aliphatic hydroxyl groups is 1. The van der Waals surface area contributed by atoms with Crippen LogP contribution in [0.1, 0.15) is 25.7 Å². The highest BCUT2D eigenvalue weighted by Crippen LogP contribution is 2.31. The molecule has 4 nitrogen and oxygen atoms in total. The molecule has 0 aliphatic heterocycles. The molecule has 1 aromatic carbocycles. The fourth-order valence-electron chi connectivity index (χ4n) is 2.10. The Labute approximate surface area is 111 Å². The highest BCUT2D eigenvalue weighted by atomic mass is 19.1. The summed E-state index contributed by atoms with van der Waals surface area (Å²) in [6.45, 7) is 0.0845. The second-order valence-corrected chi connectivity index (χ2v) is 4.87. The number of hydrogen-bond acceptors (Lipinski definition) is 3. The second-order valence-electron chi connectivity index (χ2n) is 4.87. The molecule has 1 saturated carbocycles. The van der Waals surface area contributed by atoms with Gasteiger partial charge in [-0.2, -0.15) is 0 Å². The van der Waals surface area contributed by atoms with Gasteiger partial charge < -0.3 is 15.2 Å². The normalized spacial score (nSPS) is 16.5. The van der Waals surface area contributed by atoms with E-state index >= 15 is 0 Å². The van der Waals surface area contributed by atoms with Gasteiger partial charge in [-0.1, -0.05) is 12.1 Å². The van der Waals surface area contributed by atoms with Gasteiger partial charge in [0.15, 0.2) is 11.6 Å². The molecule has 0 heterocycles. The zero-order valence-corrected chi connectivity index (χ0v) is 10.7. The third-order valence-electron chi connectivity index (χ3n) is 3.44. The predicted octanol–water partition coefficient (Wildman–Crippen LogP) is 1.63. The molecule has 104 valence electrons. The molecule has 1 aromatic rings. The van der Waals surface area contributed by atoms with Crippen LogP contribution in [0.2, 0.25) is 0 Å². The molecule has 1 fully saturated rings. The first-order valence-electron chi connectivity index (χ1n) is 6.44. The molecule has 1 aliphatic carbocycles. The molecule has 1 amide bonds. The van der Waals surface area contributed by atoms with Crippen LogP contribution in [-0.2, 0) is 4.79 Å². The first kappa shape index (κ1) is 13.8. The minimum atomic E-state index is -0.436. The molecule has 0 unspecified atom stereocenters. The van der Waals surface area contributed by atoms with Crippen LogP contribution < -0.4 is 10.1 Å². The summed E-state index contributed by atoms with van der Waals surface area (Å²) in [5, 5.41) is 12.0. The molecule has 19 heavy (non-hydrogen) atoms. The summed E-state index contributed by atoms with van der Waals surface area (Å²) >= 11 is 0. The lowest BCUT2D eigenvalue weighted by Crippen LogP contribution is -2.56. The van der Waals surface area contributed by atoms with E-state index in [1.54, 1.807) is 12.1 Å². The minimum absolute atomic E-state index is 0.0348. The number of aliphatic hydroxyl groups excluding tert-OH is 1. The fourth-order valence-corrected chi connectivity index (χ4v) is 2.10. The lowest BCUT2D eigenvalue weighted by atomic mass is 9.77. The van der Waals surface area contributed by atoms with Crippen LogP contribution in [0.3, 0.4) is 0 Å². The van der Waals surface area contributed by atoms with Gasteiger partial charge in [-0.25, -0.2) is 4.39 Å². The van der Waals surface area contributed by atoms with E-state index in [1.165, 1.54) is 12.1 Å². The van der Waals surface area contributed by atoms with Crippen molar-refractivity contribution in [2.24, 2.45) is 0 Å². The van der Waals surface area contributed by atoms with Gasteiger partial charge in [0, 0.05) is 0 Å². The number of benzene rings is 1. The zero-order valence-electron chi connectivity index (χ0n) is 10.7. The molecule has 0 radical (unpaired) electrons. The number of ether oxygens (including phenoxy) is 1. The summed E-state index contributed by atoms with van der Waals surface area (Å²) in [5.41, 5.74) is -0.435. The van der Waals surface area contributed by atoms with E-state index < -0.39 is 11.4 Å². The van der Waals surface area contributed by atoms with Crippen LogP contribution in [-0.4, -0.2) is 29.8 Å². The summed E-state index contributed by atoms with van der Waals surface area (Å²) in [4.78, 5) is 11.7. The maximum atomic E-state index is 13.2. The van der Waals surface area contributed by atoms with Gasteiger partial charge in [-0.3, -0.25) is 4.79 Å². The van der Waals surface area contributed by atoms with Gasteiger partial charge in [-0.15, -0.1) is 0 Å². The summed E-state index contributed by atoms with van der Waals surface area (Å²) in [6.07, 6.45) is 2.79. The molecule has 0 saturated heterocycles. The van der Waals surface area contributed by atoms with Crippen molar-refractivity contribution in [2.45, 2.75) is 31.2 Å². The largest absolute Gasteiger partial charge is 0.490 e. The lowest BCUT2D eigenvalue weighted by molar-refractivity contribution is -0.125. The van der Waals surface area contributed by atoms with E-state index in [1.807, 2.05) is 0 Å². The molecular formula is C14H18FNO3. The van der Waals surface area contributed by atoms with Crippen molar-refractivity contribution in [3.63, 3.8) is 0 Å². The Morgan fingerprint density at radius 2 is 2.16 bits per heavy atom. The molecule has 0 spiro atoms. The molecule has 0 bridgehead atoms. The first-order valence-corrected chi connectivity index (χ1v) is 6.44. The number of carbonyl (C=O) groups excluding carboxylic acids is 1. The quantitative estimate of drug-likeness (QED) is 0.823. The summed E-state index contributed by atoms with van der Waals surface area (Å²) < 4.78 is 18.5. The number of para-hydroxylation sites is 1. The third-order valence-corrected chi connectivity index (χ3v) is 3.44. The van der Waals surface area contributed by atoms with Crippen molar-refractivity contribution in [1.82, 2.24) is 5.32 Å². The number of hydrogen-bond donors (Lipinski definition) is 2.